The quantitative estimate of drug-likeness (QED) is 0.195. The molecule has 0 radical (unpaired) electrons. The molecule has 0 aliphatic heterocycles. The Morgan fingerprint density at radius 1 is 1.12 bits per heavy atom. The summed E-state index contributed by atoms with van der Waals surface area (Å²) in [6.07, 6.45) is 2.24. The van der Waals surface area contributed by atoms with E-state index in [0.29, 0.717) is 5.56 Å². The minimum Gasteiger partial charge on any atom is -0.321 e. The lowest BCUT2D eigenvalue weighted by Gasteiger charge is -2.09. The van der Waals surface area contributed by atoms with E-state index in [2.05, 4.69) is 53.3 Å². The van der Waals surface area contributed by atoms with Gasteiger partial charge in [-0.2, -0.15) is 5.26 Å². The van der Waals surface area contributed by atoms with Crippen molar-refractivity contribution in [2.45, 2.75) is 20.3 Å². The molecule has 3 rings (SSSR count). The van der Waals surface area contributed by atoms with E-state index in [4.69, 9.17) is 0 Å². The van der Waals surface area contributed by atoms with E-state index in [1.165, 1.54) is 47.0 Å². The fraction of sp³-hybridized carbons (Fsp3) is 0.120. The molecular formula is C25H20BrN3O3. The van der Waals surface area contributed by atoms with Gasteiger partial charge in [0, 0.05) is 22.3 Å². The molecule has 0 fully saturated rings. The molecule has 32 heavy (non-hydrogen) atoms. The molecule has 0 aliphatic carbocycles. The Morgan fingerprint density at radius 3 is 2.47 bits per heavy atom. The minimum absolute atomic E-state index is 0.106. The molecule has 0 atom stereocenters. The van der Waals surface area contributed by atoms with Gasteiger partial charge in [-0.25, -0.2) is 0 Å². The van der Waals surface area contributed by atoms with Gasteiger partial charge in [-0.15, -0.1) is 0 Å². The van der Waals surface area contributed by atoms with E-state index in [9.17, 15) is 20.2 Å². The Balaban J connectivity index is 1.79. The summed E-state index contributed by atoms with van der Waals surface area (Å²) >= 11 is 3.59. The molecule has 0 saturated carbocycles. The normalized spacial score (nSPS) is 11.0. The lowest BCUT2D eigenvalue weighted by Crippen LogP contribution is -2.13. The number of carbonyl (C=O) groups excluding carboxylic acids is 1. The number of nitrogens with one attached hydrogen (secondary N) is 1. The van der Waals surface area contributed by atoms with Crippen LogP contribution in [0.3, 0.4) is 0 Å². The molecule has 0 aliphatic rings. The number of amides is 1. The molecule has 0 unspecified atom stereocenters. The molecular weight excluding hydrogens is 470 g/mol. The van der Waals surface area contributed by atoms with Crippen molar-refractivity contribution in [1.29, 1.82) is 5.26 Å². The van der Waals surface area contributed by atoms with Gasteiger partial charge in [0.1, 0.15) is 11.6 Å². The minimum atomic E-state index is -0.636. The lowest BCUT2D eigenvalue weighted by molar-refractivity contribution is -0.384. The highest BCUT2D eigenvalue weighted by molar-refractivity contribution is 9.10. The molecule has 1 amide bonds. The maximum Gasteiger partial charge on any atom is 0.271 e. The van der Waals surface area contributed by atoms with Gasteiger partial charge in [-0.05, 0) is 55.2 Å². The highest BCUT2D eigenvalue weighted by Crippen LogP contribution is 2.24. The molecule has 0 heterocycles. The van der Waals surface area contributed by atoms with Gasteiger partial charge in [0.05, 0.1) is 4.92 Å². The van der Waals surface area contributed by atoms with Crippen LogP contribution >= 0.6 is 15.9 Å². The summed E-state index contributed by atoms with van der Waals surface area (Å²) < 4.78 is 0.877. The molecule has 0 bridgehead atoms. The third-order valence-corrected chi connectivity index (χ3v) is 5.48. The molecule has 6 nitrogen and oxygen atoms in total. The predicted octanol–water partition coefficient (Wildman–Crippen LogP) is 6.11. The summed E-state index contributed by atoms with van der Waals surface area (Å²) in [5.41, 5.74) is 5.40. The van der Waals surface area contributed by atoms with E-state index < -0.39 is 10.8 Å². The number of non-ortho nitro benzene ring substituents is 1. The van der Waals surface area contributed by atoms with Gasteiger partial charge in [0.2, 0.25) is 0 Å². The molecule has 7 heteroatoms. The fourth-order valence-corrected chi connectivity index (χ4v) is 3.94. The first-order valence-electron chi connectivity index (χ1n) is 9.78. The van der Waals surface area contributed by atoms with Gasteiger partial charge < -0.3 is 5.32 Å². The van der Waals surface area contributed by atoms with Crippen LogP contribution in [0.1, 0.15) is 27.8 Å². The zero-order valence-electron chi connectivity index (χ0n) is 17.6. The fourth-order valence-electron chi connectivity index (χ4n) is 3.40. The number of nitriles is 1. The average Bonchev–Trinajstić information content (AvgIpc) is 2.73. The van der Waals surface area contributed by atoms with E-state index in [1.54, 1.807) is 0 Å². The zero-order valence-corrected chi connectivity index (χ0v) is 19.1. The van der Waals surface area contributed by atoms with Gasteiger partial charge in [0.25, 0.3) is 11.6 Å². The summed E-state index contributed by atoms with van der Waals surface area (Å²) in [6.45, 7) is 4.14. The van der Waals surface area contributed by atoms with Crippen molar-refractivity contribution in [3.63, 3.8) is 0 Å². The maximum absolute atomic E-state index is 12.5. The second-order valence-electron chi connectivity index (χ2n) is 7.45. The van der Waals surface area contributed by atoms with Crippen molar-refractivity contribution >= 4 is 39.3 Å². The van der Waals surface area contributed by atoms with Crippen molar-refractivity contribution < 1.29 is 9.72 Å². The van der Waals surface area contributed by atoms with Crippen LogP contribution in [0.2, 0.25) is 0 Å². The number of nitro benzene ring substituents is 1. The van der Waals surface area contributed by atoms with Gasteiger partial charge in [-0.3, -0.25) is 14.9 Å². The van der Waals surface area contributed by atoms with Crippen LogP contribution in [-0.4, -0.2) is 10.8 Å². The smallest absolute Gasteiger partial charge is 0.271 e. The summed E-state index contributed by atoms with van der Waals surface area (Å²) in [5, 5.41) is 22.9. The topological polar surface area (TPSA) is 96.0 Å². The summed E-state index contributed by atoms with van der Waals surface area (Å²) in [5.74, 6) is -0.636. The van der Waals surface area contributed by atoms with Gasteiger partial charge >= 0.3 is 0 Å². The second kappa shape index (κ2) is 10.0. The third-order valence-electron chi connectivity index (χ3n) is 4.74. The highest BCUT2D eigenvalue weighted by atomic mass is 79.9. The Labute approximate surface area is 194 Å². The molecule has 0 spiro atoms. The van der Waals surface area contributed by atoms with Crippen LogP contribution in [0.5, 0.6) is 0 Å². The van der Waals surface area contributed by atoms with E-state index in [0.717, 1.165) is 16.5 Å². The number of nitrogens with zero attached hydrogens (tertiary/aromatic N) is 2. The van der Waals surface area contributed by atoms with E-state index in [1.807, 2.05) is 24.3 Å². The first kappa shape index (κ1) is 22.9. The summed E-state index contributed by atoms with van der Waals surface area (Å²) in [7, 11) is 0. The molecule has 1 N–H and O–H groups in total. The molecule has 3 aromatic rings. The standard InChI is InChI=1S/C25H20BrN3O3/c1-16-8-17(2)10-19(9-16)12-20-7-6-18(13-24(20)26)11-21(15-27)25(30)28-22-4-3-5-23(14-22)29(31)32/h3-11,13-14H,12H2,1-2H3,(H,28,30)/b21-11+. The second-order valence-corrected chi connectivity index (χ2v) is 8.31. The molecule has 160 valence electrons. The number of benzene rings is 3. The van der Waals surface area contributed by atoms with E-state index in [-0.39, 0.29) is 16.9 Å². The number of rotatable bonds is 6. The largest absolute Gasteiger partial charge is 0.321 e. The molecule has 0 aromatic heterocycles. The number of anilines is 1. The van der Waals surface area contributed by atoms with Crippen molar-refractivity contribution in [1.82, 2.24) is 0 Å². The highest BCUT2D eigenvalue weighted by Gasteiger charge is 2.13. The maximum atomic E-state index is 12.5. The van der Waals surface area contributed by atoms with Crippen LogP contribution < -0.4 is 5.32 Å². The Kier molecular flexibility index (Phi) is 7.18. The van der Waals surface area contributed by atoms with Crippen LogP contribution in [0.25, 0.3) is 6.08 Å². The number of nitro groups is 1. The number of hydrogen-bond donors (Lipinski definition) is 1. The van der Waals surface area contributed by atoms with Crippen LogP contribution in [0.15, 0.2) is 70.7 Å². The Morgan fingerprint density at radius 2 is 1.84 bits per heavy atom. The van der Waals surface area contributed by atoms with E-state index >= 15 is 0 Å². The average molecular weight is 490 g/mol. The molecule has 0 saturated heterocycles. The predicted molar refractivity (Wildman–Crippen MR) is 128 cm³/mol. The van der Waals surface area contributed by atoms with Crippen molar-refractivity contribution in [2.75, 3.05) is 5.32 Å². The first-order chi connectivity index (χ1) is 15.2. The van der Waals surface area contributed by atoms with Gasteiger partial charge in [-0.1, -0.05) is 63.5 Å². The third kappa shape index (κ3) is 5.90. The van der Waals surface area contributed by atoms with Gasteiger partial charge in [0.15, 0.2) is 0 Å². The van der Waals surface area contributed by atoms with Crippen molar-refractivity contribution in [2.24, 2.45) is 0 Å². The monoisotopic (exact) mass is 489 g/mol. The van der Waals surface area contributed by atoms with Crippen LogP contribution in [0, 0.1) is 35.3 Å². The lowest BCUT2D eigenvalue weighted by atomic mass is 9.99. The number of aryl methyl sites for hydroxylation is 2. The van der Waals surface area contributed by atoms with Crippen molar-refractivity contribution in [3.05, 3.63) is 109 Å². The number of halogens is 1. The first-order valence-corrected chi connectivity index (χ1v) is 10.6. The number of hydrogen-bond acceptors (Lipinski definition) is 4. The zero-order chi connectivity index (χ0) is 23.3. The van der Waals surface area contributed by atoms with Crippen LogP contribution in [0.4, 0.5) is 11.4 Å². The molecule has 3 aromatic carbocycles. The number of carbonyl (C=O) groups is 1. The summed E-state index contributed by atoms with van der Waals surface area (Å²) in [6, 6.07) is 19.6. The SMILES string of the molecule is Cc1cc(C)cc(Cc2ccc(/C=C(\C#N)C(=O)Nc3cccc([N+](=O)[O-])c3)cc2Br)c1. The summed E-state index contributed by atoms with van der Waals surface area (Å²) in [4.78, 5) is 22.9. The van der Waals surface area contributed by atoms with Crippen LogP contribution in [-0.2, 0) is 11.2 Å². The van der Waals surface area contributed by atoms with Crippen molar-refractivity contribution in [3.8, 4) is 6.07 Å². The Bertz CT molecular complexity index is 1260. The Hall–Kier alpha value is -3.76.